The highest BCUT2D eigenvalue weighted by atomic mass is 32.2. The lowest BCUT2D eigenvalue weighted by Crippen LogP contribution is -2.23. The Balaban J connectivity index is 2.56. The van der Waals surface area contributed by atoms with Crippen molar-refractivity contribution >= 4 is 21.6 Å². The zero-order valence-corrected chi connectivity index (χ0v) is 13.8. The highest BCUT2D eigenvalue weighted by molar-refractivity contribution is 7.90. The Bertz CT molecular complexity index is 721. The van der Waals surface area contributed by atoms with E-state index in [0.29, 0.717) is 18.1 Å². The molecule has 0 fully saturated rings. The number of ether oxygens (including phenoxy) is 2. The molecule has 0 aromatic heterocycles. The number of hydrogen-bond acceptors (Lipinski definition) is 6. The quantitative estimate of drug-likeness (QED) is 0.787. The van der Waals surface area contributed by atoms with Crippen LogP contribution in [0.25, 0.3) is 5.76 Å². The summed E-state index contributed by atoms with van der Waals surface area (Å²) in [5.74, 6) is -0.0968. The van der Waals surface area contributed by atoms with Crippen molar-refractivity contribution in [2.24, 2.45) is 0 Å². The van der Waals surface area contributed by atoms with Crippen molar-refractivity contribution in [1.29, 1.82) is 0 Å². The van der Waals surface area contributed by atoms with Crippen LogP contribution in [0.2, 0.25) is 0 Å². The predicted octanol–water partition coefficient (Wildman–Crippen LogP) is 1.87. The lowest BCUT2D eigenvalue weighted by molar-refractivity contribution is 0.0600. The molecule has 1 aliphatic rings. The third kappa shape index (κ3) is 3.24. The minimum absolute atomic E-state index is 0.122. The number of esters is 1. The monoisotopic (exact) mass is 325 g/mol. The first-order chi connectivity index (χ1) is 10.2. The van der Waals surface area contributed by atoms with Gasteiger partial charge in [-0.15, -0.1) is 0 Å². The van der Waals surface area contributed by atoms with Gasteiger partial charge >= 0.3 is 5.97 Å². The predicted molar refractivity (Wildman–Crippen MR) is 81.8 cm³/mol. The van der Waals surface area contributed by atoms with Gasteiger partial charge in [0.05, 0.1) is 17.6 Å². The number of benzene rings is 1. The topological polar surface area (TPSA) is 72.9 Å². The maximum atomic E-state index is 12.0. The summed E-state index contributed by atoms with van der Waals surface area (Å²) in [7, 11) is -2.17. The van der Waals surface area contributed by atoms with E-state index in [1.165, 1.54) is 25.3 Å². The van der Waals surface area contributed by atoms with Crippen molar-refractivity contribution < 1.29 is 22.7 Å². The molecule has 6 nitrogen and oxygen atoms in total. The summed E-state index contributed by atoms with van der Waals surface area (Å²) >= 11 is 0. The molecule has 0 spiro atoms. The summed E-state index contributed by atoms with van der Waals surface area (Å²) < 4.78 is 34.2. The highest BCUT2D eigenvalue weighted by Crippen LogP contribution is 2.30. The lowest BCUT2D eigenvalue weighted by atomic mass is 10.1. The van der Waals surface area contributed by atoms with E-state index in [0.717, 1.165) is 6.26 Å². The van der Waals surface area contributed by atoms with Gasteiger partial charge in [-0.2, -0.15) is 0 Å². The maximum absolute atomic E-state index is 12.0. The minimum atomic E-state index is -3.45. The van der Waals surface area contributed by atoms with Gasteiger partial charge in [0.25, 0.3) is 0 Å². The number of hydrogen-bond donors (Lipinski definition) is 0. The molecule has 1 aliphatic heterocycles. The Morgan fingerprint density at radius 3 is 2.55 bits per heavy atom. The highest BCUT2D eigenvalue weighted by Gasteiger charge is 2.24. The van der Waals surface area contributed by atoms with Gasteiger partial charge in [-0.3, -0.25) is 0 Å². The fourth-order valence-corrected chi connectivity index (χ4v) is 2.98. The third-order valence-electron chi connectivity index (χ3n) is 3.38. The number of methoxy groups -OCH3 is 1. The van der Waals surface area contributed by atoms with Crippen LogP contribution in [-0.2, 0) is 19.3 Å². The Morgan fingerprint density at radius 1 is 1.36 bits per heavy atom. The van der Waals surface area contributed by atoms with Crippen LogP contribution in [-0.4, -0.2) is 45.4 Å². The first kappa shape index (κ1) is 16.4. The van der Waals surface area contributed by atoms with Gasteiger partial charge in [0, 0.05) is 24.1 Å². The van der Waals surface area contributed by atoms with Crippen molar-refractivity contribution in [2.45, 2.75) is 24.8 Å². The molecule has 0 bridgehead atoms. The average molecular weight is 325 g/mol. The maximum Gasteiger partial charge on any atom is 0.337 e. The van der Waals surface area contributed by atoms with E-state index in [-0.39, 0.29) is 16.5 Å². The summed E-state index contributed by atoms with van der Waals surface area (Å²) in [5.41, 5.74) is 0.644. The second kappa shape index (κ2) is 6.00. The number of nitrogens with zero attached hydrogens (tertiary/aromatic N) is 1. The van der Waals surface area contributed by atoms with Crippen LogP contribution >= 0.6 is 0 Å². The van der Waals surface area contributed by atoms with Crippen molar-refractivity contribution in [1.82, 2.24) is 4.90 Å². The van der Waals surface area contributed by atoms with Crippen LogP contribution < -0.4 is 0 Å². The van der Waals surface area contributed by atoms with Gasteiger partial charge < -0.3 is 14.4 Å². The zero-order valence-electron chi connectivity index (χ0n) is 13.0. The molecule has 1 aromatic carbocycles. The number of sulfone groups is 1. The largest absolute Gasteiger partial charge is 0.471 e. The summed E-state index contributed by atoms with van der Waals surface area (Å²) in [4.78, 5) is 13.7. The summed E-state index contributed by atoms with van der Waals surface area (Å²) in [6, 6.07) is 4.54. The smallest absolute Gasteiger partial charge is 0.337 e. The molecule has 0 unspecified atom stereocenters. The Hall–Kier alpha value is -2.02. The Morgan fingerprint density at radius 2 is 2.05 bits per heavy atom. The first-order valence-electron chi connectivity index (χ1n) is 6.77. The fourth-order valence-electron chi connectivity index (χ4n) is 2.11. The van der Waals surface area contributed by atoms with E-state index in [4.69, 9.17) is 4.74 Å². The van der Waals surface area contributed by atoms with E-state index in [1.54, 1.807) is 6.20 Å². The molecule has 0 N–H and O–H groups in total. The fraction of sp³-hybridized carbons (Fsp3) is 0.400. The second-order valence-corrected chi connectivity index (χ2v) is 7.33. The standard InChI is InChI=1S/C15H19NO5S/c1-10(2)16-8-13(21-9-16)12-7-11(15(17)20-3)5-6-14(12)22(4,18)19/h5-8,10H,9H2,1-4H3. The normalized spacial score (nSPS) is 14.8. The van der Waals surface area contributed by atoms with Crippen molar-refractivity contribution in [2.75, 3.05) is 20.1 Å². The van der Waals surface area contributed by atoms with Gasteiger partial charge in [-0.05, 0) is 32.0 Å². The van der Waals surface area contributed by atoms with Crippen LogP contribution in [0.5, 0.6) is 0 Å². The Kier molecular flexibility index (Phi) is 4.46. The van der Waals surface area contributed by atoms with Crippen LogP contribution in [0.1, 0.15) is 29.8 Å². The van der Waals surface area contributed by atoms with Crippen LogP contribution in [0.3, 0.4) is 0 Å². The molecule has 1 heterocycles. The molecule has 0 aliphatic carbocycles. The van der Waals surface area contributed by atoms with Crippen LogP contribution in [0.4, 0.5) is 0 Å². The van der Waals surface area contributed by atoms with E-state index >= 15 is 0 Å². The van der Waals surface area contributed by atoms with Gasteiger partial charge in [0.2, 0.25) is 0 Å². The molecule has 0 amide bonds. The molecule has 0 atom stereocenters. The molecule has 22 heavy (non-hydrogen) atoms. The van der Waals surface area contributed by atoms with Crippen molar-refractivity contribution in [3.05, 3.63) is 35.5 Å². The third-order valence-corrected chi connectivity index (χ3v) is 4.54. The molecule has 0 saturated heterocycles. The van der Waals surface area contributed by atoms with Crippen molar-refractivity contribution in [3.8, 4) is 0 Å². The van der Waals surface area contributed by atoms with Gasteiger partial charge in [-0.1, -0.05) is 0 Å². The first-order valence-corrected chi connectivity index (χ1v) is 8.66. The van der Waals surface area contributed by atoms with E-state index < -0.39 is 15.8 Å². The second-order valence-electron chi connectivity index (χ2n) is 5.35. The summed E-state index contributed by atoms with van der Waals surface area (Å²) in [6.45, 7) is 4.36. The van der Waals surface area contributed by atoms with Crippen LogP contribution in [0, 0.1) is 0 Å². The minimum Gasteiger partial charge on any atom is -0.471 e. The molecule has 7 heteroatoms. The van der Waals surface area contributed by atoms with E-state index in [1.807, 2.05) is 18.7 Å². The zero-order chi connectivity index (χ0) is 16.5. The molecular weight excluding hydrogens is 306 g/mol. The van der Waals surface area contributed by atoms with E-state index in [2.05, 4.69) is 4.74 Å². The number of carbonyl (C=O) groups excluding carboxylic acids is 1. The van der Waals surface area contributed by atoms with E-state index in [9.17, 15) is 13.2 Å². The number of carbonyl (C=O) groups is 1. The van der Waals surface area contributed by atoms with Gasteiger partial charge in [-0.25, -0.2) is 13.2 Å². The number of rotatable bonds is 4. The molecule has 120 valence electrons. The van der Waals surface area contributed by atoms with Crippen LogP contribution in [0.15, 0.2) is 29.3 Å². The average Bonchev–Trinajstić information content (AvgIpc) is 2.94. The summed E-state index contributed by atoms with van der Waals surface area (Å²) in [6.07, 6.45) is 2.88. The molecule has 2 rings (SSSR count). The lowest BCUT2D eigenvalue weighted by Gasteiger charge is -2.17. The molecule has 0 saturated carbocycles. The molecular formula is C15H19NO5S. The van der Waals surface area contributed by atoms with Gasteiger partial charge in [0.15, 0.2) is 16.6 Å². The van der Waals surface area contributed by atoms with Gasteiger partial charge in [0.1, 0.15) is 5.76 Å². The van der Waals surface area contributed by atoms with Crippen molar-refractivity contribution in [3.63, 3.8) is 0 Å². The molecule has 0 radical (unpaired) electrons. The SMILES string of the molecule is COC(=O)c1ccc(S(C)(=O)=O)c(C2=CN(C(C)C)CO2)c1. The summed E-state index contributed by atoms with van der Waals surface area (Å²) in [5, 5.41) is 0. The Labute approximate surface area is 130 Å². The molecule has 1 aromatic rings.